The molecule has 0 saturated carbocycles. The molecule has 120 valence electrons. The monoisotopic (exact) mass is 307 g/mol. The van der Waals surface area contributed by atoms with E-state index in [0.29, 0.717) is 0 Å². The quantitative estimate of drug-likeness (QED) is 0.869. The Labute approximate surface area is 131 Å². The number of rotatable bonds is 4. The maximum atomic E-state index is 13.5. The Morgan fingerprint density at radius 3 is 2.36 bits per heavy atom. The lowest BCUT2D eigenvalue weighted by Gasteiger charge is -2.32. The van der Waals surface area contributed by atoms with Crippen LogP contribution in [0.1, 0.15) is 33.3 Å². The fraction of sp³-hybridized carbons (Fsp3) is 0.500. The zero-order valence-corrected chi connectivity index (χ0v) is 13.8. The van der Waals surface area contributed by atoms with Crippen LogP contribution in [0.4, 0.5) is 4.39 Å². The molecule has 1 aromatic rings. The Balaban J connectivity index is 2.29. The Morgan fingerprint density at radius 1 is 1.27 bits per heavy atom. The van der Waals surface area contributed by atoms with Crippen LogP contribution < -0.4 is 10.5 Å². The molecule has 0 radical (unpaired) electrons. The van der Waals surface area contributed by atoms with Crippen molar-refractivity contribution in [3.8, 4) is 5.75 Å². The van der Waals surface area contributed by atoms with E-state index >= 15 is 0 Å². The summed E-state index contributed by atoms with van der Waals surface area (Å²) < 4.78 is 30.5. The molecular formula is C16H23BFNO3. The highest BCUT2D eigenvalue weighted by Crippen LogP contribution is 2.38. The van der Waals surface area contributed by atoms with Gasteiger partial charge in [-0.3, -0.25) is 0 Å². The maximum Gasteiger partial charge on any atom is 0.491 e. The van der Waals surface area contributed by atoms with Gasteiger partial charge in [0, 0.05) is 6.54 Å². The summed E-state index contributed by atoms with van der Waals surface area (Å²) in [4.78, 5) is 0. The summed E-state index contributed by atoms with van der Waals surface area (Å²) in [6, 6.07) is 4.65. The van der Waals surface area contributed by atoms with E-state index in [-0.39, 0.29) is 12.3 Å². The first-order chi connectivity index (χ1) is 10.2. The van der Waals surface area contributed by atoms with Crippen LogP contribution in [0.3, 0.4) is 0 Å². The van der Waals surface area contributed by atoms with Crippen LogP contribution >= 0.6 is 0 Å². The minimum atomic E-state index is -0.508. The Hall–Kier alpha value is -1.37. The van der Waals surface area contributed by atoms with Gasteiger partial charge in [-0.25, -0.2) is 4.39 Å². The summed E-state index contributed by atoms with van der Waals surface area (Å²) in [5, 5.41) is 0. The van der Waals surface area contributed by atoms with Gasteiger partial charge in [-0.2, -0.15) is 0 Å². The molecule has 0 aromatic heterocycles. The number of halogens is 1. The molecule has 22 heavy (non-hydrogen) atoms. The molecule has 1 aromatic carbocycles. The van der Waals surface area contributed by atoms with Crippen molar-refractivity contribution < 1.29 is 18.4 Å². The standard InChI is InChI=1S/C16H23BFNO3/c1-15(2)16(3,4)22-17(21-15)12(10-19)8-11-6-7-13(18)14(9-11)20-5/h6-9H,10,19H2,1-5H3. The van der Waals surface area contributed by atoms with Crippen molar-refractivity contribution in [3.05, 3.63) is 35.1 Å². The van der Waals surface area contributed by atoms with Crippen molar-refractivity contribution >= 4 is 13.2 Å². The van der Waals surface area contributed by atoms with E-state index in [1.807, 2.05) is 33.8 Å². The molecule has 1 aliphatic rings. The van der Waals surface area contributed by atoms with Crippen LogP contribution in [0.5, 0.6) is 5.75 Å². The molecule has 1 heterocycles. The Kier molecular flexibility index (Phi) is 4.66. The van der Waals surface area contributed by atoms with Crippen molar-refractivity contribution in [1.82, 2.24) is 0 Å². The normalized spacial score (nSPS) is 20.3. The van der Waals surface area contributed by atoms with Gasteiger partial charge < -0.3 is 19.8 Å². The molecule has 0 bridgehead atoms. The predicted molar refractivity (Wildman–Crippen MR) is 86.1 cm³/mol. The van der Waals surface area contributed by atoms with Crippen LogP contribution in [0.25, 0.3) is 6.08 Å². The van der Waals surface area contributed by atoms with Gasteiger partial charge in [-0.15, -0.1) is 0 Å². The highest BCUT2D eigenvalue weighted by Gasteiger charge is 2.52. The lowest BCUT2D eigenvalue weighted by Crippen LogP contribution is -2.41. The van der Waals surface area contributed by atoms with Crippen molar-refractivity contribution in [1.29, 1.82) is 0 Å². The van der Waals surface area contributed by atoms with E-state index in [0.717, 1.165) is 11.0 Å². The van der Waals surface area contributed by atoms with E-state index < -0.39 is 24.1 Å². The fourth-order valence-electron chi connectivity index (χ4n) is 2.20. The summed E-state index contributed by atoms with van der Waals surface area (Å²) in [5.74, 6) is -0.205. The van der Waals surface area contributed by atoms with Gasteiger partial charge in [0.2, 0.25) is 0 Å². The van der Waals surface area contributed by atoms with Gasteiger partial charge in [0.05, 0.1) is 18.3 Å². The zero-order valence-electron chi connectivity index (χ0n) is 13.8. The highest BCUT2D eigenvalue weighted by molar-refractivity contribution is 6.55. The van der Waals surface area contributed by atoms with Gasteiger partial charge in [0.1, 0.15) is 0 Å². The topological polar surface area (TPSA) is 53.7 Å². The molecular weight excluding hydrogens is 284 g/mol. The van der Waals surface area contributed by atoms with Crippen molar-refractivity contribution in [2.45, 2.75) is 38.9 Å². The number of ether oxygens (including phenoxy) is 1. The first kappa shape index (κ1) is 17.0. The van der Waals surface area contributed by atoms with Crippen LogP contribution in [0.15, 0.2) is 23.7 Å². The van der Waals surface area contributed by atoms with Crippen LogP contribution in [0, 0.1) is 5.82 Å². The molecule has 0 aliphatic carbocycles. The van der Waals surface area contributed by atoms with E-state index in [1.54, 1.807) is 12.1 Å². The van der Waals surface area contributed by atoms with Gasteiger partial charge >= 0.3 is 7.12 Å². The second-order valence-electron chi connectivity index (χ2n) is 6.41. The average molecular weight is 307 g/mol. The molecule has 0 amide bonds. The summed E-state index contributed by atoms with van der Waals surface area (Å²) in [5.41, 5.74) is 6.58. The van der Waals surface area contributed by atoms with Crippen molar-refractivity contribution in [2.24, 2.45) is 5.73 Å². The second-order valence-corrected chi connectivity index (χ2v) is 6.41. The van der Waals surface area contributed by atoms with E-state index in [9.17, 15) is 4.39 Å². The summed E-state index contributed by atoms with van der Waals surface area (Å²) in [7, 11) is 0.926. The van der Waals surface area contributed by atoms with Crippen molar-refractivity contribution in [2.75, 3.05) is 13.7 Å². The maximum absolute atomic E-state index is 13.5. The number of methoxy groups -OCH3 is 1. The minimum Gasteiger partial charge on any atom is -0.494 e. The third-order valence-corrected chi connectivity index (χ3v) is 4.32. The molecule has 0 atom stereocenters. The number of benzene rings is 1. The van der Waals surface area contributed by atoms with Crippen molar-refractivity contribution in [3.63, 3.8) is 0 Å². The first-order valence-corrected chi connectivity index (χ1v) is 7.30. The zero-order chi connectivity index (χ0) is 16.5. The molecule has 6 heteroatoms. The van der Waals surface area contributed by atoms with E-state index in [1.165, 1.54) is 13.2 Å². The Bertz CT molecular complexity index is 571. The number of hydrogen-bond donors (Lipinski definition) is 1. The second kappa shape index (κ2) is 6.03. The van der Waals surface area contributed by atoms with Crippen LogP contribution in [0.2, 0.25) is 0 Å². The summed E-state index contributed by atoms with van der Waals surface area (Å²) in [6.45, 7) is 8.24. The van der Waals surface area contributed by atoms with Crippen LogP contribution in [-0.4, -0.2) is 32.0 Å². The SMILES string of the molecule is COc1cc(C=C(CN)B2OC(C)(C)C(C)(C)O2)ccc1F. The molecule has 0 spiro atoms. The van der Waals surface area contributed by atoms with Gasteiger partial charge in [0.15, 0.2) is 11.6 Å². The third kappa shape index (κ3) is 3.19. The minimum absolute atomic E-state index is 0.194. The largest absolute Gasteiger partial charge is 0.494 e. The molecule has 2 rings (SSSR count). The summed E-state index contributed by atoms with van der Waals surface area (Å²) in [6.07, 6.45) is 1.85. The van der Waals surface area contributed by atoms with E-state index in [4.69, 9.17) is 19.8 Å². The lowest BCUT2D eigenvalue weighted by molar-refractivity contribution is 0.00578. The molecule has 1 fully saturated rings. The number of hydrogen-bond acceptors (Lipinski definition) is 4. The van der Waals surface area contributed by atoms with E-state index in [2.05, 4.69) is 0 Å². The lowest BCUT2D eigenvalue weighted by atomic mass is 9.77. The Morgan fingerprint density at radius 2 is 1.86 bits per heavy atom. The third-order valence-electron chi connectivity index (χ3n) is 4.32. The number of nitrogens with two attached hydrogens (primary N) is 1. The molecule has 1 saturated heterocycles. The van der Waals surface area contributed by atoms with Gasteiger partial charge in [0.25, 0.3) is 0 Å². The molecule has 0 unspecified atom stereocenters. The first-order valence-electron chi connectivity index (χ1n) is 7.30. The van der Waals surface area contributed by atoms with Gasteiger partial charge in [-0.05, 0) is 50.9 Å². The molecule has 2 N–H and O–H groups in total. The molecule has 1 aliphatic heterocycles. The summed E-state index contributed by atoms with van der Waals surface area (Å²) >= 11 is 0. The average Bonchev–Trinajstić information content (AvgIpc) is 2.66. The smallest absolute Gasteiger partial charge is 0.491 e. The fourth-order valence-corrected chi connectivity index (χ4v) is 2.20. The molecule has 4 nitrogen and oxygen atoms in total. The van der Waals surface area contributed by atoms with Gasteiger partial charge in [-0.1, -0.05) is 12.1 Å². The van der Waals surface area contributed by atoms with Crippen LogP contribution in [-0.2, 0) is 9.31 Å². The highest BCUT2D eigenvalue weighted by atomic mass is 19.1. The predicted octanol–water partition coefficient (Wildman–Crippen LogP) is 2.81.